The van der Waals surface area contributed by atoms with Crippen molar-refractivity contribution in [3.63, 3.8) is 0 Å². The van der Waals surface area contributed by atoms with Crippen LogP contribution in [0.15, 0.2) is 18.5 Å². The van der Waals surface area contributed by atoms with E-state index in [1.165, 1.54) is 12.4 Å². The van der Waals surface area contributed by atoms with Crippen LogP contribution in [0.25, 0.3) is 0 Å². The van der Waals surface area contributed by atoms with Crippen molar-refractivity contribution in [2.75, 3.05) is 32.7 Å². The molecule has 2 rings (SSSR count). The number of piperazine rings is 1. The minimum atomic E-state index is -0.134. The molecular weight excluding hydrogens is 256 g/mol. The summed E-state index contributed by atoms with van der Waals surface area (Å²) < 4.78 is 0. The lowest BCUT2D eigenvalue weighted by Crippen LogP contribution is -2.53. The molecule has 1 aromatic heterocycles. The topological polar surface area (TPSA) is 82.7 Å². The number of hydrogen-bond donors (Lipinski definition) is 2. The summed E-state index contributed by atoms with van der Waals surface area (Å²) in [7, 11) is 0. The highest BCUT2D eigenvalue weighted by molar-refractivity contribution is 5.96. The van der Waals surface area contributed by atoms with E-state index in [4.69, 9.17) is 5.73 Å². The van der Waals surface area contributed by atoms with Crippen molar-refractivity contribution in [3.05, 3.63) is 24.0 Å². The second kappa shape index (κ2) is 6.67. The third-order valence-electron chi connectivity index (χ3n) is 3.89. The fourth-order valence-corrected chi connectivity index (χ4v) is 2.60. The number of nitrogens with two attached hydrogens (primary N) is 1. The molecule has 0 saturated carbocycles. The molecule has 110 valence electrons. The molecule has 1 fully saturated rings. The molecule has 3 N–H and O–H groups in total. The van der Waals surface area contributed by atoms with Crippen LogP contribution < -0.4 is 5.73 Å². The van der Waals surface area contributed by atoms with Gasteiger partial charge in [-0.3, -0.25) is 14.7 Å². The van der Waals surface area contributed by atoms with Gasteiger partial charge in [0.25, 0.3) is 5.91 Å². The lowest BCUT2D eigenvalue weighted by molar-refractivity contribution is 0.0568. The van der Waals surface area contributed by atoms with Gasteiger partial charge in [0.15, 0.2) is 0 Å². The summed E-state index contributed by atoms with van der Waals surface area (Å²) in [5, 5.41) is 9.69. The number of aromatic hydroxyl groups is 1. The van der Waals surface area contributed by atoms with Gasteiger partial charge in [0, 0.05) is 45.0 Å². The highest BCUT2D eigenvalue weighted by Gasteiger charge is 2.26. The molecule has 0 bridgehead atoms. The van der Waals surface area contributed by atoms with Crippen LogP contribution in [0.4, 0.5) is 0 Å². The molecule has 1 aromatic rings. The van der Waals surface area contributed by atoms with Crippen molar-refractivity contribution in [1.29, 1.82) is 0 Å². The minimum Gasteiger partial charge on any atom is -0.505 e. The maximum atomic E-state index is 12.3. The minimum absolute atomic E-state index is 0.0617. The van der Waals surface area contributed by atoms with Crippen molar-refractivity contribution in [3.8, 4) is 5.75 Å². The lowest BCUT2D eigenvalue weighted by atomic mass is 10.1. The van der Waals surface area contributed by atoms with Crippen molar-refractivity contribution in [1.82, 2.24) is 14.8 Å². The van der Waals surface area contributed by atoms with E-state index in [9.17, 15) is 9.90 Å². The molecule has 1 saturated heterocycles. The molecule has 0 aliphatic carbocycles. The Morgan fingerprint density at radius 2 is 2.15 bits per heavy atom. The predicted octanol–water partition coefficient (Wildman–Crippen LogP) is 0.282. The Bertz CT molecular complexity index is 454. The van der Waals surface area contributed by atoms with Gasteiger partial charge in [0.05, 0.1) is 11.8 Å². The summed E-state index contributed by atoms with van der Waals surface area (Å²) in [6, 6.07) is 1.94. The van der Waals surface area contributed by atoms with E-state index in [1.54, 1.807) is 11.0 Å². The van der Waals surface area contributed by atoms with Gasteiger partial charge in [-0.15, -0.1) is 0 Å². The van der Waals surface area contributed by atoms with E-state index in [-0.39, 0.29) is 11.7 Å². The van der Waals surface area contributed by atoms with Crippen LogP contribution in [0.3, 0.4) is 0 Å². The quantitative estimate of drug-likeness (QED) is 0.827. The van der Waals surface area contributed by atoms with Gasteiger partial charge in [-0.1, -0.05) is 6.92 Å². The highest BCUT2D eigenvalue weighted by Crippen LogP contribution is 2.18. The van der Waals surface area contributed by atoms with Crippen molar-refractivity contribution in [2.24, 2.45) is 5.73 Å². The summed E-state index contributed by atoms with van der Waals surface area (Å²) in [6.07, 6.45) is 3.84. The van der Waals surface area contributed by atoms with E-state index in [0.29, 0.717) is 31.2 Å². The smallest absolute Gasteiger partial charge is 0.257 e. The third kappa shape index (κ3) is 3.08. The molecule has 1 atom stereocenters. The van der Waals surface area contributed by atoms with Gasteiger partial charge in [-0.2, -0.15) is 0 Å². The van der Waals surface area contributed by atoms with Crippen LogP contribution in [-0.4, -0.2) is 64.6 Å². The average molecular weight is 278 g/mol. The third-order valence-corrected chi connectivity index (χ3v) is 3.89. The maximum absolute atomic E-state index is 12.3. The van der Waals surface area contributed by atoms with Gasteiger partial charge in [-0.25, -0.2) is 0 Å². The number of amides is 1. The summed E-state index contributed by atoms with van der Waals surface area (Å²) in [6.45, 7) is 5.76. The molecule has 1 aliphatic heterocycles. The number of carbonyl (C=O) groups excluding carboxylic acids is 1. The first-order valence-corrected chi connectivity index (χ1v) is 7.03. The SMILES string of the molecule is CCC(CN)N1CCN(C(=O)c2ccncc2O)CC1. The zero-order chi connectivity index (χ0) is 14.5. The Morgan fingerprint density at radius 1 is 1.45 bits per heavy atom. The molecule has 0 aromatic carbocycles. The van der Waals surface area contributed by atoms with Crippen molar-refractivity contribution in [2.45, 2.75) is 19.4 Å². The number of carbonyl (C=O) groups is 1. The number of rotatable bonds is 4. The van der Waals surface area contributed by atoms with Crippen LogP contribution in [0.1, 0.15) is 23.7 Å². The Kier molecular flexibility index (Phi) is 4.92. The maximum Gasteiger partial charge on any atom is 0.257 e. The van der Waals surface area contributed by atoms with Gasteiger partial charge < -0.3 is 15.7 Å². The van der Waals surface area contributed by atoms with Crippen LogP contribution >= 0.6 is 0 Å². The first-order valence-electron chi connectivity index (χ1n) is 7.03. The fraction of sp³-hybridized carbons (Fsp3) is 0.571. The van der Waals surface area contributed by atoms with E-state index >= 15 is 0 Å². The fourth-order valence-electron chi connectivity index (χ4n) is 2.60. The second-order valence-corrected chi connectivity index (χ2v) is 5.02. The zero-order valence-electron chi connectivity index (χ0n) is 11.8. The molecule has 6 nitrogen and oxygen atoms in total. The van der Waals surface area contributed by atoms with Crippen LogP contribution in [-0.2, 0) is 0 Å². The summed E-state index contributed by atoms with van der Waals surface area (Å²) in [5.74, 6) is -0.196. The highest BCUT2D eigenvalue weighted by atomic mass is 16.3. The standard InChI is InChI=1S/C14H22N4O2/c1-2-11(9-15)17-5-7-18(8-6-17)14(20)12-3-4-16-10-13(12)19/h3-4,10-11,19H,2,5-9,15H2,1H3. The monoisotopic (exact) mass is 278 g/mol. The molecule has 0 radical (unpaired) electrons. The molecule has 1 aliphatic rings. The normalized spacial score (nSPS) is 18.0. The lowest BCUT2D eigenvalue weighted by Gasteiger charge is -2.38. The van der Waals surface area contributed by atoms with Crippen molar-refractivity contribution < 1.29 is 9.90 Å². The number of pyridine rings is 1. The van der Waals surface area contributed by atoms with Crippen LogP contribution in [0, 0.1) is 0 Å². The number of hydrogen-bond acceptors (Lipinski definition) is 5. The molecule has 1 unspecified atom stereocenters. The first-order chi connectivity index (χ1) is 9.67. The molecule has 2 heterocycles. The van der Waals surface area contributed by atoms with Gasteiger partial charge in [-0.05, 0) is 12.5 Å². The zero-order valence-corrected chi connectivity index (χ0v) is 11.8. The van der Waals surface area contributed by atoms with Crippen LogP contribution in [0.2, 0.25) is 0 Å². The first kappa shape index (κ1) is 14.7. The van der Waals surface area contributed by atoms with Crippen LogP contribution in [0.5, 0.6) is 5.75 Å². The van der Waals surface area contributed by atoms with Gasteiger partial charge in [0.1, 0.15) is 5.75 Å². The molecular formula is C14H22N4O2. The van der Waals surface area contributed by atoms with E-state index in [0.717, 1.165) is 19.5 Å². The Morgan fingerprint density at radius 3 is 2.70 bits per heavy atom. The van der Waals surface area contributed by atoms with E-state index < -0.39 is 0 Å². The summed E-state index contributed by atoms with van der Waals surface area (Å²) in [5.41, 5.74) is 6.08. The molecule has 1 amide bonds. The largest absolute Gasteiger partial charge is 0.505 e. The molecule has 20 heavy (non-hydrogen) atoms. The van der Waals surface area contributed by atoms with E-state index in [2.05, 4.69) is 16.8 Å². The Balaban J connectivity index is 1.97. The van der Waals surface area contributed by atoms with Gasteiger partial charge in [0.2, 0.25) is 0 Å². The van der Waals surface area contributed by atoms with Crippen molar-refractivity contribution >= 4 is 5.91 Å². The van der Waals surface area contributed by atoms with Gasteiger partial charge >= 0.3 is 0 Å². The molecule has 6 heteroatoms. The molecule has 0 spiro atoms. The van der Waals surface area contributed by atoms with E-state index in [1.807, 2.05) is 0 Å². The Labute approximate surface area is 119 Å². The summed E-state index contributed by atoms with van der Waals surface area (Å²) >= 11 is 0. The second-order valence-electron chi connectivity index (χ2n) is 5.02. The number of nitrogens with zero attached hydrogens (tertiary/aromatic N) is 3. The predicted molar refractivity (Wildman–Crippen MR) is 76.5 cm³/mol. The summed E-state index contributed by atoms with van der Waals surface area (Å²) in [4.78, 5) is 20.2. The Hall–Kier alpha value is -1.66. The average Bonchev–Trinajstić information content (AvgIpc) is 2.49. The number of aromatic nitrogens is 1.